The minimum absolute atomic E-state index is 0.370. The van der Waals surface area contributed by atoms with E-state index in [0.29, 0.717) is 12.2 Å². The molecule has 3 aliphatic heterocycles. The molecule has 30 heavy (non-hydrogen) atoms. The molecule has 3 aromatic rings. The van der Waals surface area contributed by atoms with E-state index in [1.807, 2.05) is 18.5 Å². The van der Waals surface area contributed by atoms with Crippen LogP contribution in [0, 0.1) is 0 Å². The Labute approximate surface area is 176 Å². The Kier molecular flexibility index (Phi) is 4.41. The molecule has 2 unspecified atom stereocenters. The van der Waals surface area contributed by atoms with E-state index in [9.17, 15) is 0 Å². The number of rotatable bonds is 3. The van der Waals surface area contributed by atoms with Crippen LogP contribution in [0.15, 0.2) is 48.8 Å². The average molecular weight is 402 g/mol. The Bertz CT molecular complexity index is 1010. The van der Waals surface area contributed by atoms with Crippen LogP contribution in [0.2, 0.25) is 0 Å². The van der Waals surface area contributed by atoms with Gasteiger partial charge in [-0.15, -0.1) is 0 Å². The van der Waals surface area contributed by atoms with Crippen molar-refractivity contribution in [2.24, 2.45) is 0 Å². The average Bonchev–Trinajstić information content (AvgIpc) is 3.39. The number of aromatic nitrogens is 4. The van der Waals surface area contributed by atoms with E-state index < -0.39 is 0 Å². The fraction of sp³-hybridized carbons (Fsp3) is 0.435. The predicted molar refractivity (Wildman–Crippen MR) is 117 cm³/mol. The van der Waals surface area contributed by atoms with Gasteiger partial charge in [-0.05, 0) is 30.9 Å². The Hall–Kier alpha value is -2.93. The first-order valence-corrected chi connectivity index (χ1v) is 11.0. The van der Waals surface area contributed by atoms with Crippen molar-refractivity contribution in [2.45, 2.75) is 37.9 Å². The quantitative estimate of drug-likeness (QED) is 0.728. The van der Waals surface area contributed by atoms with E-state index in [1.54, 1.807) is 0 Å². The highest BCUT2D eigenvalue weighted by molar-refractivity contribution is 5.49. The van der Waals surface area contributed by atoms with E-state index in [1.165, 1.54) is 22.9 Å². The summed E-state index contributed by atoms with van der Waals surface area (Å²) >= 11 is 0. The molecule has 7 nitrogen and oxygen atoms in total. The molecule has 0 saturated carbocycles. The van der Waals surface area contributed by atoms with Crippen molar-refractivity contribution in [3.8, 4) is 0 Å². The van der Waals surface area contributed by atoms with Crippen LogP contribution in [0.25, 0.3) is 0 Å². The smallest absolute Gasteiger partial charge is 0.225 e. The number of imidazole rings is 1. The summed E-state index contributed by atoms with van der Waals surface area (Å²) in [6.45, 7) is 3.97. The highest BCUT2D eigenvalue weighted by atomic mass is 15.4. The van der Waals surface area contributed by atoms with E-state index in [2.05, 4.69) is 60.0 Å². The van der Waals surface area contributed by atoms with E-state index in [0.717, 1.165) is 57.8 Å². The lowest BCUT2D eigenvalue weighted by Crippen LogP contribution is -2.54. The Morgan fingerprint density at radius 1 is 0.867 bits per heavy atom. The molecule has 0 bridgehead atoms. The molecule has 5 heterocycles. The first-order valence-electron chi connectivity index (χ1n) is 11.0. The van der Waals surface area contributed by atoms with E-state index >= 15 is 0 Å². The third-order valence-electron chi connectivity index (χ3n) is 6.74. The van der Waals surface area contributed by atoms with Gasteiger partial charge >= 0.3 is 0 Å². The summed E-state index contributed by atoms with van der Waals surface area (Å²) in [4.78, 5) is 18.7. The molecule has 0 aliphatic carbocycles. The third-order valence-corrected chi connectivity index (χ3v) is 6.74. The van der Waals surface area contributed by atoms with Gasteiger partial charge < -0.3 is 14.8 Å². The Morgan fingerprint density at radius 3 is 2.47 bits per heavy atom. The maximum atomic E-state index is 5.00. The summed E-state index contributed by atoms with van der Waals surface area (Å²) in [6, 6.07) is 13.1. The second-order valence-electron chi connectivity index (χ2n) is 8.43. The van der Waals surface area contributed by atoms with Crippen molar-refractivity contribution >= 4 is 11.8 Å². The first-order chi connectivity index (χ1) is 14.9. The fourth-order valence-electron chi connectivity index (χ4n) is 5.22. The lowest BCUT2D eigenvalue weighted by molar-refractivity contribution is 0.189. The predicted octanol–water partition coefficient (Wildman–Crippen LogP) is 2.72. The van der Waals surface area contributed by atoms with Crippen LogP contribution >= 0.6 is 0 Å². The van der Waals surface area contributed by atoms with Crippen molar-refractivity contribution in [3.05, 3.63) is 65.9 Å². The van der Waals surface area contributed by atoms with Gasteiger partial charge in [-0.1, -0.05) is 30.3 Å². The van der Waals surface area contributed by atoms with Gasteiger partial charge in [0.05, 0.1) is 17.9 Å². The van der Waals surface area contributed by atoms with E-state index in [4.69, 9.17) is 4.98 Å². The number of nitrogens with zero attached hydrogens (tertiary/aromatic N) is 6. The molecular formula is C23H27N7. The summed E-state index contributed by atoms with van der Waals surface area (Å²) in [5.74, 6) is 3.34. The Morgan fingerprint density at radius 2 is 1.67 bits per heavy atom. The molecule has 7 heteroatoms. The molecule has 6 rings (SSSR count). The number of hydrogen-bond acceptors (Lipinski definition) is 6. The normalized spacial score (nSPS) is 23.7. The molecule has 1 saturated heterocycles. The largest absolute Gasteiger partial charge is 0.354 e. The van der Waals surface area contributed by atoms with Crippen LogP contribution < -0.4 is 10.2 Å². The van der Waals surface area contributed by atoms with Crippen LogP contribution in [-0.4, -0.2) is 56.8 Å². The number of aryl methyl sites for hydroxylation is 2. The lowest BCUT2D eigenvalue weighted by Gasteiger charge is -2.41. The molecule has 2 atom stereocenters. The topological polar surface area (TPSA) is 62.1 Å². The molecule has 1 aromatic carbocycles. The fourth-order valence-corrected chi connectivity index (χ4v) is 5.22. The molecular weight excluding hydrogens is 374 g/mol. The molecule has 1 fully saturated rings. The van der Waals surface area contributed by atoms with E-state index in [-0.39, 0.29) is 0 Å². The summed E-state index contributed by atoms with van der Waals surface area (Å²) in [7, 11) is 0. The van der Waals surface area contributed by atoms with Gasteiger partial charge in [0.1, 0.15) is 11.6 Å². The maximum Gasteiger partial charge on any atom is 0.225 e. The monoisotopic (exact) mass is 401 g/mol. The minimum Gasteiger partial charge on any atom is -0.354 e. The van der Waals surface area contributed by atoms with Crippen LogP contribution in [0.1, 0.15) is 36.0 Å². The zero-order valence-corrected chi connectivity index (χ0v) is 17.1. The standard InChI is InChI=1S/C23H27N7/c1-2-5-17(6-3-1)19-8-10-21-26-18-7-9-20(27-22(18)30(19)21)28-13-15-29(16-14-28)23-24-11-4-12-25-23/h1-6,11-12,19-20,27H,7-10,13-16H2. The number of nitrogens with one attached hydrogen (secondary N) is 1. The molecule has 0 amide bonds. The molecule has 0 spiro atoms. The number of hydrogen-bond donors (Lipinski definition) is 1. The molecule has 1 N–H and O–H groups in total. The van der Waals surface area contributed by atoms with Gasteiger partial charge in [0.15, 0.2) is 0 Å². The van der Waals surface area contributed by atoms with Crippen LogP contribution in [0.5, 0.6) is 0 Å². The Balaban J connectivity index is 1.19. The van der Waals surface area contributed by atoms with Gasteiger partial charge in [0.2, 0.25) is 5.95 Å². The number of anilines is 2. The first kappa shape index (κ1) is 17.9. The second-order valence-corrected chi connectivity index (χ2v) is 8.43. The van der Waals surface area contributed by atoms with Gasteiger partial charge in [0, 0.05) is 45.0 Å². The highest BCUT2D eigenvalue weighted by Crippen LogP contribution is 2.39. The summed E-state index contributed by atoms with van der Waals surface area (Å²) in [5, 5.41) is 3.88. The van der Waals surface area contributed by atoms with Gasteiger partial charge in [-0.25, -0.2) is 15.0 Å². The van der Waals surface area contributed by atoms with Crippen molar-refractivity contribution in [1.29, 1.82) is 0 Å². The van der Waals surface area contributed by atoms with Crippen molar-refractivity contribution in [1.82, 2.24) is 24.4 Å². The molecule has 0 radical (unpaired) electrons. The van der Waals surface area contributed by atoms with Crippen LogP contribution in [0.4, 0.5) is 11.8 Å². The van der Waals surface area contributed by atoms with Crippen molar-refractivity contribution in [3.63, 3.8) is 0 Å². The van der Waals surface area contributed by atoms with Gasteiger partial charge in [0.25, 0.3) is 0 Å². The number of benzene rings is 1. The zero-order valence-electron chi connectivity index (χ0n) is 17.1. The van der Waals surface area contributed by atoms with Crippen molar-refractivity contribution in [2.75, 3.05) is 36.4 Å². The molecule has 3 aliphatic rings. The second kappa shape index (κ2) is 7.40. The number of fused-ring (bicyclic) bond motifs is 3. The zero-order chi connectivity index (χ0) is 19.9. The summed E-state index contributed by atoms with van der Waals surface area (Å²) < 4.78 is 2.48. The van der Waals surface area contributed by atoms with Crippen LogP contribution in [-0.2, 0) is 12.8 Å². The SMILES string of the molecule is c1ccc(C2CCc3nc4c(n32)NC(N2CCN(c3ncccn3)CC2)CC4)cc1. The summed E-state index contributed by atoms with van der Waals surface area (Å²) in [6.07, 6.45) is 8.38. The molecule has 2 aromatic heterocycles. The molecule has 154 valence electrons. The van der Waals surface area contributed by atoms with Crippen molar-refractivity contribution < 1.29 is 0 Å². The minimum atomic E-state index is 0.370. The third kappa shape index (κ3) is 3.04. The lowest BCUT2D eigenvalue weighted by atomic mass is 10.0. The maximum absolute atomic E-state index is 5.00. The highest BCUT2D eigenvalue weighted by Gasteiger charge is 2.35. The van der Waals surface area contributed by atoms with Gasteiger partial charge in [-0.2, -0.15) is 0 Å². The number of piperazine rings is 1. The summed E-state index contributed by atoms with van der Waals surface area (Å²) in [5.41, 5.74) is 2.63. The van der Waals surface area contributed by atoms with Crippen LogP contribution in [0.3, 0.4) is 0 Å². The van der Waals surface area contributed by atoms with Gasteiger partial charge in [-0.3, -0.25) is 4.90 Å².